The highest BCUT2D eigenvalue weighted by Crippen LogP contribution is 2.50. The molecular formula is C32H22F3N7OS. The van der Waals surface area contributed by atoms with Gasteiger partial charge >= 0.3 is 6.18 Å². The van der Waals surface area contributed by atoms with Gasteiger partial charge in [-0.15, -0.1) is 5.10 Å². The number of alkyl halides is 3. The summed E-state index contributed by atoms with van der Waals surface area (Å²) in [7, 11) is 0. The van der Waals surface area contributed by atoms with Gasteiger partial charge in [-0.3, -0.25) is 4.79 Å². The average Bonchev–Trinajstić information content (AvgIpc) is 3.47. The molecular weight excluding hydrogens is 587 g/mol. The molecule has 0 saturated carbocycles. The molecule has 218 valence electrons. The Kier molecular flexibility index (Phi) is 7.87. The van der Waals surface area contributed by atoms with Crippen LogP contribution in [0.3, 0.4) is 0 Å². The Balaban J connectivity index is 1.27. The van der Waals surface area contributed by atoms with Gasteiger partial charge in [-0.1, -0.05) is 53.4 Å². The Morgan fingerprint density at radius 1 is 0.955 bits per heavy atom. The van der Waals surface area contributed by atoms with Gasteiger partial charge in [-0.05, 0) is 65.7 Å². The number of halogens is 3. The first-order chi connectivity index (χ1) is 21.3. The Morgan fingerprint density at radius 3 is 2.50 bits per heavy atom. The minimum atomic E-state index is -4.50. The smallest absolute Gasteiger partial charge is 0.333 e. The van der Waals surface area contributed by atoms with Crippen LogP contribution < -0.4 is 10.3 Å². The number of hydrogen-bond acceptors (Lipinski definition) is 7. The topological polar surface area (TPSA) is 99.2 Å². The summed E-state index contributed by atoms with van der Waals surface area (Å²) in [6, 6.07) is 27.1. The summed E-state index contributed by atoms with van der Waals surface area (Å²) < 4.78 is 42.7. The number of carbonyl (C=O) groups is 1. The van der Waals surface area contributed by atoms with E-state index in [2.05, 4.69) is 26.9 Å². The molecule has 1 aliphatic heterocycles. The molecule has 6 rings (SSSR count). The van der Waals surface area contributed by atoms with E-state index in [9.17, 15) is 18.0 Å². The molecule has 0 atom stereocenters. The molecule has 0 fully saturated rings. The maximum Gasteiger partial charge on any atom is 0.416 e. The quantitative estimate of drug-likeness (QED) is 0.161. The first kappa shape index (κ1) is 28.7. The van der Waals surface area contributed by atoms with Gasteiger partial charge < -0.3 is 4.90 Å². The number of amides is 1. The van der Waals surface area contributed by atoms with Crippen LogP contribution in [0.1, 0.15) is 38.3 Å². The second-order valence-electron chi connectivity index (χ2n) is 9.88. The average molecular weight is 610 g/mol. The van der Waals surface area contributed by atoms with Crippen molar-refractivity contribution in [3.8, 4) is 6.07 Å². The molecule has 1 N–H and O–H groups in total. The van der Waals surface area contributed by atoms with Gasteiger partial charge in [0.15, 0.2) is 0 Å². The van der Waals surface area contributed by atoms with Gasteiger partial charge in [0.2, 0.25) is 0 Å². The van der Waals surface area contributed by atoms with E-state index in [1.165, 1.54) is 24.0 Å². The first-order valence-electron chi connectivity index (χ1n) is 13.3. The predicted octanol–water partition coefficient (Wildman–Crippen LogP) is 6.78. The third kappa shape index (κ3) is 6.33. The zero-order chi connectivity index (χ0) is 30.7. The summed E-state index contributed by atoms with van der Waals surface area (Å²) in [5, 5.41) is 21.6. The van der Waals surface area contributed by atoms with Crippen molar-refractivity contribution in [1.82, 2.24) is 20.4 Å². The molecule has 5 aromatic rings. The Hall–Kier alpha value is -5.41. The third-order valence-corrected chi connectivity index (χ3v) is 7.93. The summed E-state index contributed by atoms with van der Waals surface area (Å²) in [5.74, 6) is -0.345. The number of hydrogen-bond donors (Lipinski definition) is 1. The SMILES string of the molecule is N#Cc1ccc(Cn2cc(CN3c4ccc(/C=N/NC(=O)c5ccccc5)cc4Sc4ccc(C(F)(F)F)cc43)nn2)cc1. The van der Waals surface area contributed by atoms with Crippen molar-refractivity contribution in [3.05, 3.63) is 131 Å². The normalized spacial score (nSPS) is 12.5. The number of anilines is 2. The second kappa shape index (κ2) is 12.1. The molecule has 1 aliphatic rings. The Labute approximate surface area is 254 Å². The third-order valence-electron chi connectivity index (χ3n) is 6.82. The van der Waals surface area contributed by atoms with Crippen LogP contribution in [0.15, 0.2) is 112 Å². The van der Waals surface area contributed by atoms with Crippen LogP contribution >= 0.6 is 11.8 Å². The molecule has 44 heavy (non-hydrogen) atoms. The van der Waals surface area contributed by atoms with Crippen molar-refractivity contribution in [2.75, 3.05) is 4.90 Å². The van der Waals surface area contributed by atoms with E-state index in [1.807, 2.05) is 30.3 Å². The monoisotopic (exact) mass is 609 g/mol. The van der Waals surface area contributed by atoms with E-state index >= 15 is 0 Å². The number of hydrazone groups is 1. The Bertz CT molecular complexity index is 1900. The number of fused-ring (bicyclic) bond motifs is 2. The van der Waals surface area contributed by atoms with Gasteiger partial charge in [0.05, 0.1) is 54.1 Å². The molecule has 0 spiro atoms. The van der Waals surface area contributed by atoms with Crippen LogP contribution in [-0.4, -0.2) is 27.1 Å². The summed E-state index contributed by atoms with van der Waals surface area (Å²) in [4.78, 5) is 15.6. The summed E-state index contributed by atoms with van der Waals surface area (Å²) in [6.07, 6.45) is -1.23. The maximum absolute atomic E-state index is 13.7. The van der Waals surface area contributed by atoms with Crippen molar-refractivity contribution >= 4 is 35.3 Å². The van der Waals surface area contributed by atoms with Crippen LogP contribution in [0.2, 0.25) is 0 Å². The molecule has 12 heteroatoms. The van der Waals surface area contributed by atoms with E-state index in [0.717, 1.165) is 22.6 Å². The van der Waals surface area contributed by atoms with E-state index in [1.54, 1.807) is 58.2 Å². The fourth-order valence-electron chi connectivity index (χ4n) is 4.67. The van der Waals surface area contributed by atoms with E-state index in [-0.39, 0.29) is 12.5 Å². The minimum absolute atomic E-state index is 0.176. The van der Waals surface area contributed by atoms with E-state index < -0.39 is 11.7 Å². The second-order valence-corrected chi connectivity index (χ2v) is 11.0. The maximum atomic E-state index is 13.7. The zero-order valence-corrected chi connectivity index (χ0v) is 23.7. The molecule has 0 radical (unpaired) electrons. The highest BCUT2D eigenvalue weighted by Gasteiger charge is 2.33. The number of nitrogens with one attached hydrogen (secondary N) is 1. The fraction of sp³-hybridized carbons (Fsp3) is 0.0938. The molecule has 1 aromatic heterocycles. The lowest BCUT2D eigenvalue weighted by atomic mass is 10.1. The van der Waals surface area contributed by atoms with Gasteiger partial charge in [0, 0.05) is 15.4 Å². The summed E-state index contributed by atoms with van der Waals surface area (Å²) >= 11 is 1.35. The number of aromatic nitrogens is 3. The van der Waals surface area contributed by atoms with Crippen molar-refractivity contribution in [2.24, 2.45) is 5.10 Å². The highest BCUT2D eigenvalue weighted by molar-refractivity contribution is 7.99. The minimum Gasteiger partial charge on any atom is -0.333 e. The number of carbonyl (C=O) groups excluding carboxylic acids is 1. The van der Waals surface area contributed by atoms with Crippen molar-refractivity contribution in [1.29, 1.82) is 5.26 Å². The predicted molar refractivity (Wildman–Crippen MR) is 160 cm³/mol. The molecule has 8 nitrogen and oxygen atoms in total. The fourth-order valence-corrected chi connectivity index (χ4v) is 5.79. The number of benzene rings is 4. The van der Waals surface area contributed by atoms with Gasteiger partial charge in [-0.25, -0.2) is 10.1 Å². The molecule has 0 unspecified atom stereocenters. The lowest BCUT2D eigenvalue weighted by Gasteiger charge is -2.33. The van der Waals surface area contributed by atoms with Gasteiger partial charge in [0.25, 0.3) is 5.91 Å². The van der Waals surface area contributed by atoms with E-state index in [4.69, 9.17) is 5.26 Å². The van der Waals surface area contributed by atoms with Crippen molar-refractivity contribution in [2.45, 2.75) is 29.1 Å². The molecule has 0 bridgehead atoms. The first-order valence-corrected chi connectivity index (χ1v) is 14.2. The van der Waals surface area contributed by atoms with Crippen molar-refractivity contribution in [3.63, 3.8) is 0 Å². The molecule has 4 aromatic carbocycles. The standard InChI is InChI=1S/C32H22F3N7OS/c33-32(34,35)25-11-13-29-28(15-25)42(20-26-19-41(40-38-26)18-22-8-6-21(16-36)7-9-22)27-12-10-23(14-30(27)44-29)17-37-39-31(43)24-4-2-1-3-5-24/h1-15,17,19H,18,20H2,(H,39,43)/b37-17+. The molecule has 0 aliphatic carbocycles. The number of rotatable bonds is 7. The van der Waals surface area contributed by atoms with Gasteiger partial charge in [0.1, 0.15) is 5.69 Å². The number of nitrogens with zero attached hydrogens (tertiary/aromatic N) is 6. The lowest BCUT2D eigenvalue weighted by Crippen LogP contribution is -2.21. The van der Waals surface area contributed by atoms with Crippen LogP contribution in [0.25, 0.3) is 0 Å². The van der Waals surface area contributed by atoms with Crippen LogP contribution in [0, 0.1) is 11.3 Å². The number of nitriles is 1. The zero-order valence-electron chi connectivity index (χ0n) is 22.9. The highest BCUT2D eigenvalue weighted by atomic mass is 32.2. The molecule has 2 heterocycles. The van der Waals surface area contributed by atoms with E-state index in [0.29, 0.717) is 45.2 Å². The molecule has 0 saturated heterocycles. The summed E-state index contributed by atoms with van der Waals surface area (Å²) in [6.45, 7) is 0.596. The van der Waals surface area contributed by atoms with Gasteiger partial charge in [-0.2, -0.15) is 23.5 Å². The summed E-state index contributed by atoms with van der Waals surface area (Å²) in [5.41, 5.74) is 6.10. The largest absolute Gasteiger partial charge is 0.416 e. The van der Waals surface area contributed by atoms with Crippen molar-refractivity contribution < 1.29 is 18.0 Å². The van der Waals surface area contributed by atoms with Crippen LogP contribution in [-0.2, 0) is 19.3 Å². The van der Waals surface area contributed by atoms with Crippen LogP contribution in [0.5, 0.6) is 0 Å². The molecule has 1 amide bonds. The lowest BCUT2D eigenvalue weighted by molar-refractivity contribution is -0.137. The van der Waals surface area contributed by atoms with Crippen LogP contribution in [0.4, 0.5) is 24.5 Å². The Morgan fingerprint density at radius 2 is 1.75 bits per heavy atom.